The number of ketones is 1. The van der Waals surface area contributed by atoms with Crippen molar-refractivity contribution in [2.24, 2.45) is 0 Å². The van der Waals surface area contributed by atoms with E-state index in [4.69, 9.17) is 0 Å². The topological polar surface area (TPSA) is 32.3 Å². The van der Waals surface area contributed by atoms with Gasteiger partial charge < -0.3 is 10.2 Å². The highest BCUT2D eigenvalue weighted by molar-refractivity contribution is 6.02. The maximum Gasteiger partial charge on any atom is 0.456 e. The summed E-state index contributed by atoms with van der Waals surface area (Å²) in [5.74, 6) is -1.83. The largest absolute Gasteiger partial charge is 0.456 e. The van der Waals surface area contributed by atoms with E-state index in [1.807, 2.05) is 0 Å². The van der Waals surface area contributed by atoms with Crippen molar-refractivity contribution in [3.05, 3.63) is 41.6 Å². The van der Waals surface area contributed by atoms with Gasteiger partial charge in [-0.25, -0.2) is 0 Å². The number of nitrogens with zero attached hydrogens (tertiary/aromatic N) is 1. The Labute approximate surface area is 116 Å². The molecule has 0 heterocycles. The van der Waals surface area contributed by atoms with E-state index >= 15 is 0 Å². The van der Waals surface area contributed by atoms with Gasteiger partial charge in [-0.1, -0.05) is 30.3 Å². The predicted molar refractivity (Wildman–Crippen MR) is 72.0 cm³/mol. The van der Waals surface area contributed by atoms with E-state index < -0.39 is 12.0 Å². The van der Waals surface area contributed by atoms with Crippen LogP contribution in [0.1, 0.15) is 5.56 Å². The second kappa shape index (κ2) is 7.09. The number of nitrogens with one attached hydrogen (secondary N) is 1. The molecular weight excluding hydrogens is 269 g/mol. The number of likely N-dealkylation sites (N-methyl/N-ethyl adjacent to an activating group) is 2. The zero-order valence-electron chi connectivity index (χ0n) is 11.4. The van der Waals surface area contributed by atoms with Crippen LogP contribution in [0, 0.1) is 0 Å². The van der Waals surface area contributed by atoms with Crippen LogP contribution in [-0.2, 0) is 4.79 Å². The number of Topliss-reactive ketones (excluding diaryl/α,β-unsaturated/α-hetero) is 1. The number of alkyl halides is 3. The Morgan fingerprint density at radius 1 is 1.30 bits per heavy atom. The van der Waals surface area contributed by atoms with Crippen LogP contribution in [0.15, 0.2) is 36.0 Å². The zero-order chi connectivity index (χ0) is 15.2. The third-order valence-electron chi connectivity index (χ3n) is 2.70. The van der Waals surface area contributed by atoms with E-state index in [2.05, 4.69) is 5.32 Å². The number of hydrogen-bond donors (Lipinski definition) is 1. The number of carbonyl (C=O) groups excluding carboxylic acids is 1. The molecule has 0 spiro atoms. The molecule has 0 fully saturated rings. The van der Waals surface area contributed by atoms with Gasteiger partial charge in [0.25, 0.3) is 5.78 Å². The van der Waals surface area contributed by atoms with Crippen molar-refractivity contribution in [3.63, 3.8) is 0 Å². The van der Waals surface area contributed by atoms with Crippen molar-refractivity contribution >= 4 is 11.9 Å². The third kappa shape index (κ3) is 4.70. The second-order valence-corrected chi connectivity index (χ2v) is 4.29. The number of allylic oxidation sites excluding steroid dienone is 1. The first-order chi connectivity index (χ1) is 9.36. The molecule has 0 atom stereocenters. The van der Waals surface area contributed by atoms with E-state index in [0.29, 0.717) is 18.7 Å². The Hall–Kier alpha value is -1.82. The molecule has 0 radical (unpaired) electrons. The normalized spacial score (nSPS) is 12.3. The Kier molecular flexibility index (Phi) is 5.76. The van der Waals surface area contributed by atoms with Crippen molar-refractivity contribution in [2.75, 3.05) is 27.2 Å². The number of benzene rings is 1. The van der Waals surface area contributed by atoms with Crippen LogP contribution >= 0.6 is 0 Å². The quantitative estimate of drug-likeness (QED) is 0.815. The summed E-state index contributed by atoms with van der Waals surface area (Å²) in [5, 5.41) is 2.83. The highest BCUT2D eigenvalue weighted by Crippen LogP contribution is 2.23. The summed E-state index contributed by atoms with van der Waals surface area (Å²) in [6.45, 7) is 0.782. The summed E-state index contributed by atoms with van der Waals surface area (Å²) in [4.78, 5) is 12.8. The molecular formula is C14H17F3N2O. The molecule has 0 unspecified atom stereocenters. The van der Waals surface area contributed by atoms with Crippen LogP contribution in [0.4, 0.5) is 13.2 Å². The van der Waals surface area contributed by atoms with Gasteiger partial charge in [-0.2, -0.15) is 13.2 Å². The van der Waals surface area contributed by atoms with Gasteiger partial charge in [-0.3, -0.25) is 4.79 Å². The third-order valence-corrected chi connectivity index (χ3v) is 2.70. The molecule has 0 saturated carbocycles. The Bertz CT molecular complexity index is 469. The van der Waals surface area contributed by atoms with Crippen LogP contribution in [-0.4, -0.2) is 44.0 Å². The molecule has 0 aliphatic rings. The average molecular weight is 286 g/mol. The first kappa shape index (κ1) is 16.2. The van der Waals surface area contributed by atoms with Gasteiger partial charge in [-0.05, 0) is 18.7 Å². The lowest BCUT2D eigenvalue weighted by Gasteiger charge is -2.22. The Morgan fingerprint density at radius 2 is 1.90 bits per heavy atom. The van der Waals surface area contributed by atoms with Gasteiger partial charge >= 0.3 is 6.18 Å². The van der Waals surface area contributed by atoms with Crippen molar-refractivity contribution in [3.8, 4) is 0 Å². The summed E-state index contributed by atoms with van der Waals surface area (Å²) >= 11 is 0. The first-order valence-electron chi connectivity index (χ1n) is 6.10. The van der Waals surface area contributed by atoms with Crippen LogP contribution in [0.25, 0.3) is 6.08 Å². The minimum absolute atomic E-state index is 0.303. The molecule has 0 amide bonds. The Morgan fingerprint density at radius 3 is 2.40 bits per heavy atom. The number of hydrogen-bond acceptors (Lipinski definition) is 3. The fraction of sp³-hybridized carbons (Fsp3) is 0.357. The van der Waals surface area contributed by atoms with Gasteiger partial charge in [-0.15, -0.1) is 0 Å². The van der Waals surface area contributed by atoms with Crippen molar-refractivity contribution in [2.45, 2.75) is 6.18 Å². The average Bonchev–Trinajstić information content (AvgIpc) is 2.41. The minimum Gasteiger partial charge on any atom is -0.370 e. The summed E-state index contributed by atoms with van der Waals surface area (Å²) in [6, 6.07) is 8.46. The smallest absolute Gasteiger partial charge is 0.370 e. The summed E-state index contributed by atoms with van der Waals surface area (Å²) in [7, 11) is 3.16. The molecule has 0 aliphatic heterocycles. The van der Waals surface area contributed by atoms with Crippen molar-refractivity contribution in [1.29, 1.82) is 0 Å². The number of halogens is 3. The summed E-state index contributed by atoms with van der Waals surface area (Å²) in [5.41, 5.74) is 0.190. The van der Waals surface area contributed by atoms with Crippen LogP contribution in [0.2, 0.25) is 0 Å². The standard InChI is InChI=1S/C14H17F3N2O/c1-18-8-9-19(2)12(13(20)14(15,16)17)10-11-6-4-3-5-7-11/h3-7,10,18H,8-9H2,1-2H3/b12-10-. The molecule has 0 saturated heterocycles. The van der Waals surface area contributed by atoms with Crippen molar-refractivity contribution in [1.82, 2.24) is 10.2 Å². The molecule has 110 valence electrons. The van der Waals surface area contributed by atoms with Crippen LogP contribution < -0.4 is 5.32 Å². The van der Waals surface area contributed by atoms with E-state index in [0.717, 1.165) is 0 Å². The molecule has 0 aliphatic carbocycles. The maximum absolute atomic E-state index is 12.7. The van der Waals surface area contributed by atoms with E-state index in [1.165, 1.54) is 18.0 Å². The van der Waals surface area contributed by atoms with Gasteiger partial charge in [0.15, 0.2) is 0 Å². The lowest BCUT2D eigenvalue weighted by Crippen LogP contribution is -2.35. The molecule has 6 heteroatoms. The van der Waals surface area contributed by atoms with Crippen LogP contribution in [0.5, 0.6) is 0 Å². The fourth-order valence-corrected chi connectivity index (χ4v) is 1.60. The van der Waals surface area contributed by atoms with Gasteiger partial charge in [0.05, 0.1) is 5.70 Å². The highest BCUT2D eigenvalue weighted by atomic mass is 19.4. The molecule has 1 aromatic rings. The molecule has 0 aromatic heterocycles. The van der Waals surface area contributed by atoms with Gasteiger partial charge in [0.1, 0.15) is 0 Å². The summed E-state index contributed by atoms with van der Waals surface area (Å²) in [6.07, 6.45) is -3.62. The molecule has 1 N–H and O–H groups in total. The summed E-state index contributed by atoms with van der Waals surface area (Å²) < 4.78 is 38.0. The zero-order valence-corrected chi connectivity index (χ0v) is 11.4. The van der Waals surface area contributed by atoms with Gasteiger partial charge in [0.2, 0.25) is 0 Å². The monoisotopic (exact) mass is 286 g/mol. The molecule has 3 nitrogen and oxygen atoms in total. The predicted octanol–water partition coefficient (Wildman–Crippen LogP) is 2.31. The SMILES string of the molecule is CNCCN(C)/C(=C\c1ccccc1)C(=O)C(F)(F)F. The fourth-order valence-electron chi connectivity index (χ4n) is 1.60. The Balaban J connectivity index is 3.08. The molecule has 1 aromatic carbocycles. The molecule has 20 heavy (non-hydrogen) atoms. The highest BCUT2D eigenvalue weighted by Gasteiger charge is 2.41. The van der Waals surface area contributed by atoms with E-state index in [9.17, 15) is 18.0 Å². The first-order valence-corrected chi connectivity index (χ1v) is 6.10. The van der Waals surface area contributed by atoms with Crippen LogP contribution in [0.3, 0.4) is 0 Å². The van der Waals surface area contributed by atoms with E-state index in [-0.39, 0.29) is 5.70 Å². The lowest BCUT2D eigenvalue weighted by atomic mass is 10.1. The maximum atomic E-state index is 12.7. The number of carbonyl (C=O) groups is 1. The molecule has 0 bridgehead atoms. The number of rotatable bonds is 6. The van der Waals surface area contributed by atoms with Gasteiger partial charge in [0, 0.05) is 20.1 Å². The van der Waals surface area contributed by atoms with E-state index in [1.54, 1.807) is 37.4 Å². The second-order valence-electron chi connectivity index (χ2n) is 4.29. The molecule has 1 rings (SSSR count). The minimum atomic E-state index is -4.88. The lowest BCUT2D eigenvalue weighted by molar-refractivity contribution is -0.168. The van der Waals surface area contributed by atoms with Crippen molar-refractivity contribution < 1.29 is 18.0 Å².